The molecule has 20 heavy (non-hydrogen) atoms. The van der Waals surface area contributed by atoms with Crippen molar-refractivity contribution < 1.29 is 23.1 Å². The SMILES string of the molecule is CS(=O)(=O)CCC(NC(=O)c1cccc(I)c1)C(=O)O. The summed E-state index contributed by atoms with van der Waals surface area (Å²) in [6.07, 6.45) is 0.858. The Morgan fingerprint density at radius 2 is 2.05 bits per heavy atom. The Balaban J connectivity index is 2.75. The molecule has 1 unspecified atom stereocenters. The lowest BCUT2D eigenvalue weighted by atomic mass is 10.1. The van der Waals surface area contributed by atoms with Gasteiger partial charge in [0.2, 0.25) is 0 Å². The Hall–Kier alpha value is -1.16. The molecule has 0 aromatic heterocycles. The van der Waals surface area contributed by atoms with Crippen molar-refractivity contribution in [2.75, 3.05) is 12.0 Å². The van der Waals surface area contributed by atoms with Crippen molar-refractivity contribution in [2.45, 2.75) is 12.5 Å². The van der Waals surface area contributed by atoms with E-state index in [0.717, 1.165) is 9.83 Å². The fourth-order valence-electron chi connectivity index (χ4n) is 1.46. The van der Waals surface area contributed by atoms with E-state index in [2.05, 4.69) is 5.32 Å². The summed E-state index contributed by atoms with van der Waals surface area (Å²) in [6.45, 7) is 0. The van der Waals surface area contributed by atoms with Crippen LogP contribution in [-0.4, -0.2) is 43.5 Å². The average molecular weight is 411 g/mol. The number of carboxylic acids is 1. The average Bonchev–Trinajstić information content (AvgIpc) is 2.32. The molecular weight excluding hydrogens is 397 g/mol. The molecule has 1 atom stereocenters. The third kappa shape index (κ3) is 5.87. The molecule has 0 radical (unpaired) electrons. The molecule has 1 rings (SSSR count). The molecule has 0 aliphatic carbocycles. The van der Waals surface area contributed by atoms with Gasteiger partial charge in [0.05, 0.1) is 5.75 Å². The van der Waals surface area contributed by atoms with E-state index >= 15 is 0 Å². The fraction of sp³-hybridized carbons (Fsp3) is 0.333. The monoisotopic (exact) mass is 411 g/mol. The number of carbonyl (C=O) groups excluding carboxylic acids is 1. The van der Waals surface area contributed by atoms with E-state index in [1.165, 1.54) is 0 Å². The maximum Gasteiger partial charge on any atom is 0.326 e. The molecule has 0 bridgehead atoms. The lowest BCUT2D eigenvalue weighted by Crippen LogP contribution is -2.41. The second-order valence-electron chi connectivity index (χ2n) is 4.29. The van der Waals surface area contributed by atoms with Gasteiger partial charge in [-0.3, -0.25) is 4.79 Å². The largest absolute Gasteiger partial charge is 0.480 e. The Morgan fingerprint density at radius 3 is 2.55 bits per heavy atom. The van der Waals surface area contributed by atoms with Gasteiger partial charge in [-0.25, -0.2) is 13.2 Å². The summed E-state index contributed by atoms with van der Waals surface area (Å²) in [5, 5.41) is 11.3. The van der Waals surface area contributed by atoms with Gasteiger partial charge < -0.3 is 10.4 Å². The van der Waals surface area contributed by atoms with Crippen LogP contribution in [-0.2, 0) is 14.6 Å². The highest BCUT2D eigenvalue weighted by Gasteiger charge is 2.22. The van der Waals surface area contributed by atoms with Crippen LogP contribution in [0, 0.1) is 3.57 Å². The molecule has 1 amide bonds. The quantitative estimate of drug-likeness (QED) is 0.678. The van der Waals surface area contributed by atoms with Gasteiger partial charge in [-0.05, 0) is 47.2 Å². The third-order valence-electron chi connectivity index (χ3n) is 2.47. The number of hydrogen-bond acceptors (Lipinski definition) is 4. The second-order valence-corrected chi connectivity index (χ2v) is 7.80. The van der Waals surface area contributed by atoms with Crippen molar-refractivity contribution in [1.82, 2.24) is 5.32 Å². The molecule has 0 heterocycles. The van der Waals surface area contributed by atoms with E-state index in [1.807, 2.05) is 22.6 Å². The minimum Gasteiger partial charge on any atom is -0.480 e. The molecule has 1 aromatic rings. The van der Waals surface area contributed by atoms with Crippen LogP contribution in [0.3, 0.4) is 0 Å². The van der Waals surface area contributed by atoms with Crippen LogP contribution in [0.25, 0.3) is 0 Å². The molecule has 0 aliphatic heterocycles. The van der Waals surface area contributed by atoms with Crippen molar-refractivity contribution in [1.29, 1.82) is 0 Å². The maximum atomic E-state index is 11.9. The van der Waals surface area contributed by atoms with Gasteiger partial charge in [0.15, 0.2) is 0 Å². The van der Waals surface area contributed by atoms with Gasteiger partial charge in [0.1, 0.15) is 15.9 Å². The van der Waals surface area contributed by atoms with Crippen molar-refractivity contribution >= 4 is 44.3 Å². The fourth-order valence-corrected chi connectivity index (χ4v) is 2.67. The maximum absolute atomic E-state index is 11.9. The number of amides is 1. The number of halogens is 1. The summed E-state index contributed by atoms with van der Waals surface area (Å²) in [6, 6.07) is 5.44. The second kappa shape index (κ2) is 7.02. The first kappa shape index (κ1) is 16.9. The predicted octanol–water partition coefficient (Wildman–Crippen LogP) is 0.909. The van der Waals surface area contributed by atoms with E-state index in [-0.39, 0.29) is 12.2 Å². The molecule has 8 heteroatoms. The molecule has 0 aliphatic rings. The number of carbonyl (C=O) groups is 2. The molecule has 0 saturated heterocycles. The smallest absolute Gasteiger partial charge is 0.326 e. The minimum absolute atomic E-state index is 0.163. The number of rotatable bonds is 6. The molecule has 0 fully saturated rings. The van der Waals surface area contributed by atoms with E-state index in [9.17, 15) is 18.0 Å². The summed E-state index contributed by atoms with van der Waals surface area (Å²) >= 11 is 2.04. The highest BCUT2D eigenvalue weighted by atomic mass is 127. The van der Waals surface area contributed by atoms with Crippen LogP contribution in [0.5, 0.6) is 0 Å². The highest BCUT2D eigenvalue weighted by molar-refractivity contribution is 14.1. The zero-order valence-electron chi connectivity index (χ0n) is 10.7. The Bertz CT molecular complexity index is 614. The summed E-state index contributed by atoms with van der Waals surface area (Å²) < 4.78 is 22.9. The summed E-state index contributed by atoms with van der Waals surface area (Å²) in [7, 11) is -3.28. The summed E-state index contributed by atoms with van der Waals surface area (Å²) in [5.41, 5.74) is 0.336. The highest BCUT2D eigenvalue weighted by Crippen LogP contribution is 2.08. The number of aliphatic carboxylic acids is 1. The van der Waals surface area contributed by atoms with Crippen molar-refractivity contribution in [3.8, 4) is 0 Å². The number of carboxylic acid groups (broad SMARTS) is 1. The van der Waals surface area contributed by atoms with E-state index in [0.29, 0.717) is 5.56 Å². The van der Waals surface area contributed by atoms with Gasteiger partial charge in [-0.15, -0.1) is 0 Å². The summed E-state index contributed by atoms with van der Waals surface area (Å²) in [4.78, 5) is 22.9. The number of hydrogen-bond donors (Lipinski definition) is 2. The van der Waals surface area contributed by atoms with Crippen molar-refractivity contribution in [3.05, 3.63) is 33.4 Å². The van der Waals surface area contributed by atoms with Crippen LogP contribution in [0.1, 0.15) is 16.8 Å². The van der Waals surface area contributed by atoms with Gasteiger partial charge in [0.25, 0.3) is 5.91 Å². The molecule has 1 aromatic carbocycles. The number of sulfone groups is 1. The normalized spacial score (nSPS) is 12.7. The number of nitrogens with one attached hydrogen (secondary N) is 1. The van der Waals surface area contributed by atoms with Crippen molar-refractivity contribution in [2.24, 2.45) is 0 Å². The topological polar surface area (TPSA) is 101 Å². The van der Waals surface area contributed by atoms with E-state index in [4.69, 9.17) is 5.11 Å². The van der Waals surface area contributed by atoms with Crippen LogP contribution in [0.4, 0.5) is 0 Å². The Kier molecular flexibility index (Phi) is 5.93. The first-order valence-electron chi connectivity index (χ1n) is 5.66. The molecular formula is C12H14INO5S. The van der Waals surface area contributed by atoms with Crippen LogP contribution < -0.4 is 5.32 Å². The minimum atomic E-state index is -3.28. The standard InChI is InChI=1S/C12H14INO5S/c1-20(18,19)6-5-10(12(16)17)14-11(15)8-3-2-4-9(13)7-8/h2-4,7,10H,5-6H2,1H3,(H,14,15)(H,16,17). The molecule has 110 valence electrons. The van der Waals surface area contributed by atoms with Gasteiger partial charge >= 0.3 is 5.97 Å². The van der Waals surface area contributed by atoms with Gasteiger partial charge in [-0.2, -0.15) is 0 Å². The predicted molar refractivity (Wildman–Crippen MR) is 82.4 cm³/mol. The lowest BCUT2D eigenvalue weighted by Gasteiger charge is -2.14. The van der Waals surface area contributed by atoms with Crippen molar-refractivity contribution in [3.63, 3.8) is 0 Å². The van der Waals surface area contributed by atoms with Gasteiger partial charge in [-0.1, -0.05) is 6.07 Å². The van der Waals surface area contributed by atoms with E-state index < -0.39 is 27.8 Å². The first-order valence-corrected chi connectivity index (χ1v) is 8.80. The number of benzene rings is 1. The zero-order valence-corrected chi connectivity index (χ0v) is 13.6. The van der Waals surface area contributed by atoms with Crippen LogP contribution in [0.15, 0.2) is 24.3 Å². The lowest BCUT2D eigenvalue weighted by molar-refractivity contribution is -0.139. The van der Waals surface area contributed by atoms with E-state index in [1.54, 1.807) is 24.3 Å². The third-order valence-corrected chi connectivity index (χ3v) is 4.12. The zero-order chi connectivity index (χ0) is 15.3. The van der Waals surface area contributed by atoms with Crippen LogP contribution >= 0.6 is 22.6 Å². The first-order chi connectivity index (χ1) is 9.19. The van der Waals surface area contributed by atoms with Gasteiger partial charge in [0, 0.05) is 15.4 Å². The molecule has 6 nitrogen and oxygen atoms in total. The Morgan fingerprint density at radius 1 is 1.40 bits per heavy atom. The van der Waals surface area contributed by atoms with Crippen LogP contribution in [0.2, 0.25) is 0 Å². The molecule has 0 spiro atoms. The molecule has 0 saturated carbocycles. The summed E-state index contributed by atoms with van der Waals surface area (Å²) in [5.74, 6) is -2.09. The molecule has 2 N–H and O–H groups in total. The Labute approximate surface area is 130 Å².